The second-order valence-electron chi connectivity index (χ2n) is 17.9. The van der Waals surface area contributed by atoms with Crippen LogP contribution in [0.4, 0.5) is 19.2 Å². The number of carbonyl (C=O) groups is 4. The maximum absolute atomic E-state index is 12.3. The molecular formula is C42H71IN6O8. The quantitative estimate of drug-likeness (QED) is 0.164. The molecule has 4 unspecified atom stereocenters. The Hall–Kier alpha value is -2.27. The van der Waals surface area contributed by atoms with Crippen LogP contribution in [0.25, 0.3) is 0 Å². The number of nitrogens with one attached hydrogen (secondary N) is 1. The summed E-state index contributed by atoms with van der Waals surface area (Å²) in [6.45, 7) is 21.1. The van der Waals surface area contributed by atoms with Gasteiger partial charge in [0.2, 0.25) is 0 Å². The van der Waals surface area contributed by atoms with Gasteiger partial charge in [-0.2, -0.15) is 0 Å². The van der Waals surface area contributed by atoms with Gasteiger partial charge in [0.15, 0.2) is 0 Å². The molecule has 2 saturated carbocycles. The summed E-state index contributed by atoms with van der Waals surface area (Å²) < 4.78 is 23.1. The molecule has 57 heavy (non-hydrogen) atoms. The Morgan fingerprint density at radius 2 is 1.16 bits per heavy atom. The summed E-state index contributed by atoms with van der Waals surface area (Å²) in [4.78, 5) is 58.5. The minimum Gasteiger partial charge on any atom is -0.450 e. The summed E-state index contributed by atoms with van der Waals surface area (Å²) in [6.07, 6.45) is 12.0. The summed E-state index contributed by atoms with van der Waals surface area (Å²) in [7, 11) is 0. The van der Waals surface area contributed by atoms with Crippen molar-refractivity contribution in [1.82, 2.24) is 29.8 Å². The van der Waals surface area contributed by atoms with Gasteiger partial charge in [-0.25, -0.2) is 19.2 Å². The maximum atomic E-state index is 12.3. The van der Waals surface area contributed by atoms with Crippen molar-refractivity contribution in [2.24, 2.45) is 10.8 Å². The van der Waals surface area contributed by atoms with E-state index in [1.54, 1.807) is 0 Å². The van der Waals surface area contributed by atoms with Crippen molar-refractivity contribution in [3.63, 3.8) is 0 Å². The topological polar surface area (TPSA) is 133 Å². The average molecular weight is 915 g/mol. The van der Waals surface area contributed by atoms with E-state index in [1.165, 1.54) is 43.0 Å². The van der Waals surface area contributed by atoms with Crippen molar-refractivity contribution in [2.45, 2.75) is 154 Å². The fourth-order valence-electron chi connectivity index (χ4n) is 11.9. The lowest BCUT2D eigenvalue weighted by molar-refractivity contribution is -0.0368. The van der Waals surface area contributed by atoms with E-state index in [-0.39, 0.29) is 47.7 Å². The molecule has 4 amide bonds. The zero-order chi connectivity index (χ0) is 41.0. The number of nitrogens with zero attached hydrogens (tertiary/aromatic N) is 5. The minimum absolute atomic E-state index is 0.129. The van der Waals surface area contributed by atoms with E-state index in [0.29, 0.717) is 36.1 Å². The predicted octanol–water partition coefficient (Wildman–Crippen LogP) is 6.87. The third kappa shape index (κ3) is 9.10. The van der Waals surface area contributed by atoms with Crippen molar-refractivity contribution < 1.29 is 38.1 Å². The molecule has 1 N–H and O–H groups in total. The molecule has 2 aliphatic carbocycles. The van der Waals surface area contributed by atoms with Crippen LogP contribution in [0.3, 0.4) is 0 Å². The summed E-state index contributed by atoms with van der Waals surface area (Å²) >= 11 is 2.29. The van der Waals surface area contributed by atoms with E-state index in [4.69, 9.17) is 18.9 Å². The number of hydrogen-bond donors (Lipinski definition) is 1. The Kier molecular flexibility index (Phi) is 14.4. The van der Waals surface area contributed by atoms with E-state index in [2.05, 4.69) is 58.5 Å². The number of likely N-dealkylation sites (tertiary alicyclic amines) is 4. The molecule has 14 nitrogen and oxygen atoms in total. The van der Waals surface area contributed by atoms with E-state index >= 15 is 0 Å². The highest BCUT2D eigenvalue weighted by Crippen LogP contribution is 2.50. The molecule has 4 atom stereocenters. The van der Waals surface area contributed by atoms with Crippen molar-refractivity contribution in [1.29, 1.82) is 0 Å². The molecule has 15 heteroatoms. The summed E-state index contributed by atoms with van der Waals surface area (Å²) in [5.74, 6) is 0. The number of ether oxygens (including phenoxy) is 4. The number of likely N-dealkylation sites (N-methyl/N-ethyl adjacent to an activating group) is 1. The van der Waals surface area contributed by atoms with E-state index in [0.717, 1.165) is 97.4 Å². The summed E-state index contributed by atoms with van der Waals surface area (Å²) in [5.41, 5.74) is 0.0267. The normalized spacial score (nSPS) is 30.5. The highest BCUT2D eigenvalue weighted by atomic mass is 127. The molecule has 6 heterocycles. The fraction of sp³-hybridized carbons (Fsp3) is 0.905. The largest absolute Gasteiger partial charge is 0.450 e. The van der Waals surface area contributed by atoms with Crippen LogP contribution in [0.1, 0.15) is 119 Å². The second kappa shape index (κ2) is 18.6. The second-order valence-corrected chi connectivity index (χ2v) is 19.5. The maximum Gasteiger partial charge on any atom is 0.410 e. The highest BCUT2D eigenvalue weighted by Gasteiger charge is 2.57. The van der Waals surface area contributed by atoms with Gasteiger partial charge < -0.3 is 48.8 Å². The van der Waals surface area contributed by atoms with Crippen molar-refractivity contribution in [2.75, 3.05) is 76.5 Å². The number of alkyl halides is 1. The van der Waals surface area contributed by atoms with Crippen LogP contribution < -0.4 is 5.32 Å². The SMILES string of the molecule is CCI.CCOC(=O)N1CC2(CCC(N3CCC4(CC3)OC(=O)N(CC)C4CC)C2)C1.CCOC(=O)N1CC2(CCC(N3CCC4(CC3)OC(=O)NC4CC)C2)C1. The number of piperidine rings is 2. The molecule has 0 radical (unpaired) electrons. The van der Waals surface area contributed by atoms with Crippen LogP contribution in [0.15, 0.2) is 0 Å². The minimum atomic E-state index is -0.296. The zero-order valence-corrected chi connectivity index (χ0v) is 37.8. The van der Waals surface area contributed by atoms with E-state index in [9.17, 15) is 19.2 Å². The van der Waals surface area contributed by atoms with E-state index in [1.807, 2.05) is 35.5 Å². The smallest absolute Gasteiger partial charge is 0.410 e. The number of alkyl carbamates (subject to hydrolysis) is 1. The van der Waals surface area contributed by atoms with Crippen LogP contribution >= 0.6 is 22.6 Å². The molecule has 4 spiro atoms. The van der Waals surface area contributed by atoms with Crippen LogP contribution in [-0.2, 0) is 18.9 Å². The molecule has 0 bridgehead atoms. The molecule has 8 rings (SSSR count). The third-order valence-corrected chi connectivity index (χ3v) is 14.7. The monoisotopic (exact) mass is 914 g/mol. The highest BCUT2D eigenvalue weighted by molar-refractivity contribution is 14.1. The van der Waals surface area contributed by atoms with Gasteiger partial charge in [-0.1, -0.05) is 43.4 Å². The average Bonchev–Trinajstić information content (AvgIpc) is 3.94. The fourth-order valence-corrected chi connectivity index (χ4v) is 11.9. The Morgan fingerprint density at radius 1 is 0.702 bits per heavy atom. The molecule has 8 aliphatic rings. The van der Waals surface area contributed by atoms with Gasteiger partial charge in [-0.15, -0.1) is 0 Å². The van der Waals surface area contributed by atoms with Crippen molar-refractivity contribution in [3.05, 3.63) is 0 Å². The Balaban J connectivity index is 0.000000181. The van der Waals surface area contributed by atoms with Gasteiger partial charge in [0.1, 0.15) is 11.2 Å². The van der Waals surface area contributed by atoms with Gasteiger partial charge in [0, 0.05) is 107 Å². The van der Waals surface area contributed by atoms with Gasteiger partial charge in [-0.3, -0.25) is 0 Å². The molecule has 8 fully saturated rings. The molecule has 0 aromatic rings. The summed E-state index contributed by atoms with van der Waals surface area (Å²) in [5, 5.41) is 2.98. The van der Waals surface area contributed by atoms with Gasteiger partial charge in [-0.05, 0) is 76.6 Å². The lowest BCUT2D eigenvalue weighted by Gasteiger charge is -2.48. The number of hydrogen-bond acceptors (Lipinski definition) is 10. The number of amides is 4. The van der Waals surface area contributed by atoms with Gasteiger partial charge in [0.25, 0.3) is 0 Å². The molecule has 6 aliphatic heterocycles. The van der Waals surface area contributed by atoms with Crippen LogP contribution in [-0.4, -0.2) is 161 Å². The first-order valence-corrected chi connectivity index (χ1v) is 23.8. The van der Waals surface area contributed by atoms with Crippen LogP contribution in [0, 0.1) is 10.8 Å². The first-order valence-electron chi connectivity index (χ1n) is 22.2. The standard InChI is InChI=1S/C21H35N3O4.C19H31N3O4.C2H5I/c1-4-17-21(28-19(26)24(17)5-2)9-11-22(12-10-21)16-7-8-20(13-16)14-23(15-20)18(25)27-6-3;1-3-15-19(26-16(23)20-15)7-9-21(10-8-19)14-5-6-18(11-14)12-22(13-18)17(24)25-4-2;1-2-3/h16-17H,4-15H2,1-3H3;14-15H,3-13H2,1-2H3,(H,20,23);2H2,1H3. The molecule has 0 aromatic carbocycles. The van der Waals surface area contributed by atoms with Crippen LogP contribution in [0.2, 0.25) is 0 Å². The molecule has 6 saturated heterocycles. The first-order chi connectivity index (χ1) is 27.4. The van der Waals surface area contributed by atoms with E-state index < -0.39 is 0 Å². The molecular weight excluding hydrogens is 843 g/mol. The van der Waals surface area contributed by atoms with Crippen LogP contribution in [0.5, 0.6) is 0 Å². The Morgan fingerprint density at radius 3 is 1.56 bits per heavy atom. The van der Waals surface area contributed by atoms with Gasteiger partial charge in [0.05, 0.1) is 25.3 Å². The molecule has 324 valence electrons. The number of carbonyl (C=O) groups excluding carboxylic acids is 4. The summed E-state index contributed by atoms with van der Waals surface area (Å²) in [6, 6.07) is 1.56. The zero-order valence-electron chi connectivity index (χ0n) is 35.7. The Bertz CT molecular complexity index is 1410. The van der Waals surface area contributed by atoms with Crippen molar-refractivity contribution in [3.8, 4) is 0 Å². The van der Waals surface area contributed by atoms with Gasteiger partial charge >= 0.3 is 24.4 Å². The third-order valence-electron chi connectivity index (χ3n) is 14.7. The first kappa shape index (κ1) is 44.3. The molecule has 0 aromatic heterocycles. The predicted molar refractivity (Wildman–Crippen MR) is 226 cm³/mol. The number of rotatable bonds is 7. The van der Waals surface area contributed by atoms with Crippen molar-refractivity contribution >= 4 is 47.0 Å². The Labute approximate surface area is 354 Å². The lowest BCUT2D eigenvalue weighted by atomic mass is 9.78. The number of halogens is 1. The lowest BCUT2D eigenvalue weighted by Crippen LogP contribution is -2.58.